The second kappa shape index (κ2) is 9.89. The molecule has 2 aromatic carbocycles. The van der Waals surface area contributed by atoms with Crippen molar-refractivity contribution in [3.63, 3.8) is 0 Å². The van der Waals surface area contributed by atoms with Gasteiger partial charge in [-0.3, -0.25) is 4.79 Å². The molecule has 0 bridgehead atoms. The van der Waals surface area contributed by atoms with E-state index in [2.05, 4.69) is 60.4 Å². The monoisotopic (exact) mass is 456 g/mol. The Morgan fingerprint density at radius 1 is 1.06 bits per heavy atom. The van der Waals surface area contributed by atoms with Gasteiger partial charge in [0.25, 0.3) is 0 Å². The zero-order valence-electron chi connectivity index (χ0n) is 20.2. The molecular formula is C30H36N2O2. The second-order valence-corrected chi connectivity index (χ2v) is 10.4. The number of aryl methyl sites for hydroxylation is 1. The van der Waals surface area contributed by atoms with Crippen LogP contribution in [0.5, 0.6) is 0 Å². The highest BCUT2D eigenvalue weighted by molar-refractivity contribution is 5.91. The number of benzene rings is 2. The van der Waals surface area contributed by atoms with E-state index < -0.39 is 0 Å². The highest BCUT2D eigenvalue weighted by Gasteiger charge is 2.38. The highest BCUT2D eigenvalue weighted by atomic mass is 16.3. The normalized spacial score (nSPS) is 21.3. The van der Waals surface area contributed by atoms with Crippen LogP contribution < -0.4 is 0 Å². The Balaban J connectivity index is 1.07. The van der Waals surface area contributed by atoms with E-state index in [4.69, 9.17) is 0 Å². The molecule has 1 amide bonds. The van der Waals surface area contributed by atoms with Crippen LogP contribution in [-0.4, -0.2) is 59.6 Å². The molecule has 1 spiro atoms. The van der Waals surface area contributed by atoms with Gasteiger partial charge < -0.3 is 14.9 Å². The summed E-state index contributed by atoms with van der Waals surface area (Å²) in [5.41, 5.74) is 5.29. The maximum atomic E-state index is 12.6. The number of aliphatic hydroxyl groups excluding tert-OH is 1. The van der Waals surface area contributed by atoms with E-state index in [1.807, 2.05) is 23.1 Å². The van der Waals surface area contributed by atoms with Crippen molar-refractivity contribution in [3.05, 3.63) is 82.9 Å². The van der Waals surface area contributed by atoms with E-state index in [1.54, 1.807) is 6.08 Å². The minimum Gasteiger partial charge on any atom is -0.392 e. The lowest BCUT2D eigenvalue weighted by atomic mass is 9.74. The number of piperidine rings is 2. The summed E-state index contributed by atoms with van der Waals surface area (Å²) in [6.45, 7) is 6.30. The first-order chi connectivity index (χ1) is 16.5. The Morgan fingerprint density at radius 3 is 2.50 bits per heavy atom. The summed E-state index contributed by atoms with van der Waals surface area (Å²) in [6.07, 6.45) is 11.9. The highest BCUT2D eigenvalue weighted by Crippen LogP contribution is 2.43. The largest absolute Gasteiger partial charge is 0.392 e. The van der Waals surface area contributed by atoms with Gasteiger partial charge in [-0.2, -0.15) is 0 Å². The van der Waals surface area contributed by atoms with E-state index >= 15 is 0 Å². The third-order valence-corrected chi connectivity index (χ3v) is 8.16. The fraction of sp³-hybridized carbons (Fsp3) is 0.433. The molecule has 1 N–H and O–H groups in total. The first-order valence-electron chi connectivity index (χ1n) is 12.8. The molecule has 0 radical (unpaired) electrons. The van der Waals surface area contributed by atoms with Gasteiger partial charge in [-0.05, 0) is 74.4 Å². The Bertz CT molecular complexity index is 1060. The molecule has 4 heteroatoms. The Morgan fingerprint density at radius 2 is 1.76 bits per heavy atom. The molecule has 5 rings (SSSR count). The van der Waals surface area contributed by atoms with Gasteiger partial charge >= 0.3 is 0 Å². The molecule has 3 aliphatic rings. The second-order valence-electron chi connectivity index (χ2n) is 10.4. The molecule has 2 aromatic rings. The van der Waals surface area contributed by atoms with Crippen LogP contribution in [0.15, 0.2) is 60.7 Å². The summed E-state index contributed by atoms with van der Waals surface area (Å²) in [6, 6.07) is 17.0. The van der Waals surface area contributed by atoms with E-state index in [0.29, 0.717) is 0 Å². The lowest BCUT2D eigenvalue weighted by molar-refractivity contribution is -0.128. The number of carbonyl (C=O) groups is 1. The molecule has 178 valence electrons. The molecular weight excluding hydrogens is 420 g/mol. The summed E-state index contributed by atoms with van der Waals surface area (Å²) in [5.74, 6) is 0.341. The number of β-amino-alcohol motifs (C(OH)–C–C–N with tert-alkyl or cyclic N) is 1. The van der Waals surface area contributed by atoms with Gasteiger partial charge in [0.2, 0.25) is 5.91 Å². The third kappa shape index (κ3) is 4.89. The summed E-state index contributed by atoms with van der Waals surface area (Å²) in [5, 5.41) is 11.0. The van der Waals surface area contributed by atoms with Crippen LogP contribution in [0.3, 0.4) is 0 Å². The number of likely N-dealkylation sites (tertiary alicyclic amines) is 2. The Labute approximate surface area is 203 Å². The number of rotatable bonds is 5. The maximum Gasteiger partial charge on any atom is 0.246 e. The topological polar surface area (TPSA) is 43.8 Å². The lowest BCUT2D eigenvalue weighted by Crippen LogP contribution is -2.47. The van der Waals surface area contributed by atoms with Crippen molar-refractivity contribution >= 4 is 18.1 Å². The van der Waals surface area contributed by atoms with Gasteiger partial charge in [-0.1, -0.05) is 66.2 Å². The number of aliphatic hydroxyl groups is 1. The maximum absolute atomic E-state index is 12.6. The first kappa shape index (κ1) is 23.1. The van der Waals surface area contributed by atoms with Crippen molar-refractivity contribution in [1.82, 2.24) is 9.80 Å². The van der Waals surface area contributed by atoms with Gasteiger partial charge in [-0.25, -0.2) is 0 Å². The van der Waals surface area contributed by atoms with Crippen LogP contribution in [0, 0.1) is 12.8 Å². The van der Waals surface area contributed by atoms with Crippen LogP contribution >= 0.6 is 0 Å². The van der Waals surface area contributed by atoms with Crippen molar-refractivity contribution in [2.75, 3.05) is 32.7 Å². The SMILES string of the molecule is Cc1ccc(C=CC(=O)N2CCC(C(O)CN3CCC4(C=Cc5ccccc54)CC3)CC2)cc1. The van der Waals surface area contributed by atoms with E-state index in [0.717, 1.165) is 64.0 Å². The van der Waals surface area contributed by atoms with Gasteiger partial charge in [0.1, 0.15) is 0 Å². The van der Waals surface area contributed by atoms with Crippen molar-refractivity contribution in [3.8, 4) is 0 Å². The molecule has 1 aliphatic carbocycles. The summed E-state index contributed by atoms with van der Waals surface area (Å²) < 4.78 is 0. The molecule has 4 nitrogen and oxygen atoms in total. The molecule has 1 atom stereocenters. The minimum atomic E-state index is -0.319. The molecule has 2 fully saturated rings. The van der Waals surface area contributed by atoms with Gasteiger partial charge in [0, 0.05) is 31.1 Å². The quantitative estimate of drug-likeness (QED) is 0.665. The number of hydrogen-bond acceptors (Lipinski definition) is 3. The van der Waals surface area contributed by atoms with Gasteiger partial charge in [0.15, 0.2) is 0 Å². The van der Waals surface area contributed by atoms with Gasteiger partial charge in [0.05, 0.1) is 6.10 Å². The van der Waals surface area contributed by atoms with E-state index in [1.165, 1.54) is 16.7 Å². The van der Waals surface area contributed by atoms with Crippen molar-refractivity contribution in [1.29, 1.82) is 0 Å². The summed E-state index contributed by atoms with van der Waals surface area (Å²) >= 11 is 0. The standard InChI is InChI=1S/C30H36N2O2/c1-23-6-8-24(9-7-23)10-11-29(34)32-18-13-26(14-19-32)28(33)22-31-20-16-30(17-21-31)15-12-25-4-2-3-5-27(25)30/h2-12,15,26,28,33H,13-14,16-22H2,1H3. The average molecular weight is 457 g/mol. The van der Waals surface area contributed by atoms with Crippen LogP contribution in [0.25, 0.3) is 12.2 Å². The number of allylic oxidation sites excluding steroid dienone is 1. The molecule has 34 heavy (non-hydrogen) atoms. The van der Waals surface area contributed by atoms with E-state index in [-0.39, 0.29) is 23.3 Å². The number of carbonyl (C=O) groups excluding carboxylic acids is 1. The smallest absolute Gasteiger partial charge is 0.246 e. The zero-order chi connectivity index (χ0) is 23.5. The fourth-order valence-corrected chi connectivity index (χ4v) is 5.87. The average Bonchev–Trinajstić information content (AvgIpc) is 3.23. The van der Waals surface area contributed by atoms with Crippen LogP contribution in [0.2, 0.25) is 0 Å². The van der Waals surface area contributed by atoms with Crippen LogP contribution in [0.1, 0.15) is 47.9 Å². The van der Waals surface area contributed by atoms with Crippen molar-refractivity contribution in [2.45, 2.75) is 44.1 Å². The Hall–Kier alpha value is -2.69. The molecule has 1 unspecified atom stereocenters. The number of nitrogens with zero attached hydrogens (tertiary/aromatic N) is 2. The molecule has 0 saturated carbocycles. The number of amides is 1. The molecule has 2 saturated heterocycles. The molecule has 2 heterocycles. The fourth-order valence-electron chi connectivity index (χ4n) is 5.87. The summed E-state index contributed by atoms with van der Waals surface area (Å²) in [7, 11) is 0. The predicted octanol–water partition coefficient (Wildman–Crippen LogP) is 4.67. The van der Waals surface area contributed by atoms with Crippen molar-refractivity contribution < 1.29 is 9.90 Å². The lowest BCUT2D eigenvalue weighted by Gasteiger charge is -2.41. The van der Waals surface area contributed by atoms with Crippen molar-refractivity contribution in [2.24, 2.45) is 5.92 Å². The number of fused-ring (bicyclic) bond motifs is 2. The van der Waals surface area contributed by atoms with Gasteiger partial charge in [-0.15, -0.1) is 0 Å². The Kier molecular flexibility index (Phi) is 6.71. The van der Waals surface area contributed by atoms with Crippen LogP contribution in [-0.2, 0) is 10.2 Å². The molecule has 2 aliphatic heterocycles. The minimum absolute atomic E-state index is 0.0692. The first-order valence-corrected chi connectivity index (χ1v) is 12.8. The number of hydrogen-bond donors (Lipinski definition) is 1. The van der Waals surface area contributed by atoms with Crippen LogP contribution in [0.4, 0.5) is 0 Å². The molecule has 0 aromatic heterocycles. The zero-order valence-corrected chi connectivity index (χ0v) is 20.2. The third-order valence-electron chi connectivity index (χ3n) is 8.16. The van der Waals surface area contributed by atoms with E-state index in [9.17, 15) is 9.90 Å². The summed E-state index contributed by atoms with van der Waals surface area (Å²) in [4.78, 5) is 17.0. The predicted molar refractivity (Wildman–Crippen MR) is 138 cm³/mol.